The first-order valence-corrected chi connectivity index (χ1v) is 10.1. The molecule has 4 heterocycles. The van der Waals surface area contributed by atoms with Gasteiger partial charge < -0.3 is 19.9 Å². The van der Waals surface area contributed by atoms with Gasteiger partial charge in [0.15, 0.2) is 0 Å². The van der Waals surface area contributed by atoms with Crippen LogP contribution in [0.1, 0.15) is 17.3 Å². The molecule has 1 atom stereocenters. The Labute approximate surface area is 183 Å². The molecule has 3 aromatic heterocycles. The van der Waals surface area contributed by atoms with Crippen LogP contribution in [0.25, 0.3) is 11.3 Å². The normalized spacial score (nSPS) is 14.0. The summed E-state index contributed by atoms with van der Waals surface area (Å²) in [6.45, 7) is 0.00704. The Hall–Kier alpha value is -3.98. The fraction of sp³-hybridized carbons (Fsp3) is 0.174. The highest BCUT2D eigenvalue weighted by molar-refractivity contribution is 5.83. The van der Waals surface area contributed by atoms with Gasteiger partial charge in [-0.3, -0.25) is 4.57 Å². The minimum absolute atomic E-state index is 0.272. The molecule has 0 bridgehead atoms. The summed E-state index contributed by atoms with van der Waals surface area (Å²) in [4.78, 5) is 23.4. The molecule has 1 aromatic carbocycles. The molecule has 4 aromatic rings. The number of halogens is 1. The van der Waals surface area contributed by atoms with Crippen LogP contribution < -0.4 is 5.32 Å². The van der Waals surface area contributed by atoms with Crippen molar-refractivity contribution in [1.82, 2.24) is 24.0 Å². The lowest BCUT2D eigenvalue weighted by atomic mass is 10.1. The average Bonchev–Trinajstić information content (AvgIpc) is 3.46. The second-order valence-electron chi connectivity index (χ2n) is 7.65. The number of rotatable bonds is 6. The van der Waals surface area contributed by atoms with Gasteiger partial charge in [0.25, 0.3) is 0 Å². The molecule has 0 aliphatic carbocycles. The second kappa shape index (κ2) is 7.93. The maximum atomic E-state index is 13.7. The van der Waals surface area contributed by atoms with Gasteiger partial charge in [-0.25, -0.2) is 19.2 Å². The number of anilines is 2. The molecule has 8 nitrogen and oxygen atoms in total. The molecule has 9 heteroatoms. The number of fused-ring (bicyclic) bond motifs is 1. The van der Waals surface area contributed by atoms with Gasteiger partial charge in [-0.15, -0.1) is 0 Å². The molecular formula is C23H21FN6O2. The first kappa shape index (κ1) is 20.0. The van der Waals surface area contributed by atoms with Gasteiger partial charge in [-0.2, -0.15) is 0 Å². The Morgan fingerprint density at radius 1 is 1.22 bits per heavy atom. The van der Waals surface area contributed by atoms with E-state index >= 15 is 0 Å². The molecule has 5 rings (SSSR count). The van der Waals surface area contributed by atoms with E-state index < -0.39 is 11.9 Å². The van der Waals surface area contributed by atoms with Crippen molar-refractivity contribution in [3.8, 4) is 11.3 Å². The molecule has 32 heavy (non-hydrogen) atoms. The molecule has 1 aliphatic heterocycles. The fourth-order valence-electron chi connectivity index (χ4n) is 3.96. The highest BCUT2D eigenvalue weighted by atomic mass is 19.1. The molecule has 1 amide bonds. The van der Waals surface area contributed by atoms with Crippen LogP contribution in [0.3, 0.4) is 0 Å². The highest BCUT2D eigenvalue weighted by Gasteiger charge is 2.34. The van der Waals surface area contributed by atoms with Gasteiger partial charge in [0.2, 0.25) is 5.95 Å². The third-order valence-electron chi connectivity index (χ3n) is 5.60. The van der Waals surface area contributed by atoms with Crippen LogP contribution in [-0.2, 0) is 13.6 Å². The van der Waals surface area contributed by atoms with E-state index in [0.29, 0.717) is 23.8 Å². The number of hydrogen-bond acceptors (Lipinski definition) is 5. The number of nitrogens with zero attached hydrogens (tertiary/aromatic N) is 5. The van der Waals surface area contributed by atoms with E-state index in [0.717, 1.165) is 17.1 Å². The molecule has 2 N–H and O–H groups in total. The van der Waals surface area contributed by atoms with Crippen molar-refractivity contribution in [3.63, 3.8) is 0 Å². The van der Waals surface area contributed by atoms with Crippen LogP contribution >= 0.6 is 0 Å². The lowest BCUT2D eigenvalue weighted by Gasteiger charge is -2.26. The van der Waals surface area contributed by atoms with E-state index in [4.69, 9.17) is 0 Å². The predicted octanol–water partition coefficient (Wildman–Crippen LogP) is 3.68. The number of aryl methyl sites for hydroxylation is 1. The Kier molecular flexibility index (Phi) is 4.95. The Balaban J connectivity index is 1.39. The maximum absolute atomic E-state index is 13.7. The molecule has 0 spiro atoms. The number of amides is 1. The zero-order chi connectivity index (χ0) is 22.2. The fourth-order valence-corrected chi connectivity index (χ4v) is 3.96. The molecule has 0 radical (unpaired) electrons. The van der Waals surface area contributed by atoms with Gasteiger partial charge in [-0.05, 0) is 42.0 Å². The number of hydrogen-bond donors (Lipinski definition) is 2. The largest absolute Gasteiger partial charge is 0.394 e. The summed E-state index contributed by atoms with van der Waals surface area (Å²) in [5.41, 5.74) is 2.80. The Morgan fingerprint density at radius 3 is 2.81 bits per heavy atom. The first-order valence-electron chi connectivity index (χ1n) is 10.1. The predicted molar refractivity (Wildman–Crippen MR) is 117 cm³/mol. The Bertz CT molecular complexity index is 1300. The quantitative estimate of drug-likeness (QED) is 0.485. The summed E-state index contributed by atoms with van der Waals surface area (Å²) < 4.78 is 17.1. The summed E-state index contributed by atoms with van der Waals surface area (Å²) in [6, 6.07) is 12.6. The van der Waals surface area contributed by atoms with E-state index in [9.17, 15) is 14.3 Å². The van der Waals surface area contributed by atoms with E-state index in [1.807, 2.05) is 36.0 Å². The molecule has 0 saturated heterocycles. The van der Waals surface area contributed by atoms with Crippen LogP contribution in [0.15, 0.2) is 67.1 Å². The molecule has 0 saturated carbocycles. The van der Waals surface area contributed by atoms with Crippen molar-refractivity contribution in [2.24, 2.45) is 7.05 Å². The lowest BCUT2D eigenvalue weighted by molar-refractivity contribution is 0.141. The van der Waals surface area contributed by atoms with Gasteiger partial charge in [0.1, 0.15) is 11.6 Å². The van der Waals surface area contributed by atoms with Crippen molar-refractivity contribution in [2.45, 2.75) is 12.6 Å². The summed E-state index contributed by atoms with van der Waals surface area (Å²) in [5.74, 6) is 0.910. The smallest absolute Gasteiger partial charge is 0.329 e. The van der Waals surface area contributed by atoms with E-state index in [-0.39, 0.29) is 12.6 Å². The van der Waals surface area contributed by atoms with Crippen molar-refractivity contribution in [1.29, 1.82) is 0 Å². The van der Waals surface area contributed by atoms with Crippen molar-refractivity contribution >= 4 is 17.8 Å². The minimum atomic E-state index is -0.623. The van der Waals surface area contributed by atoms with Crippen molar-refractivity contribution in [3.05, 3.63) is 84.2 Å². The van der Waals surface area contributed by atoms with Crippen LogP contribution in [0.4, 0.5) is 21.0 Å². The minimum Gasteiger partial charge on any atom is -0.394 e. The topological polar surface area (TPSA) is 88.2 Å². The number of carbonyl (C=O) groups is 1. The van der Waals surface area contributed by atoms with E-state index in [1.54, 1.807) is 35.2 Å². The number of aliphatic hydroxyl groups is 1. The summed E-state index contributed by atoms with van der Waals surface area (Å²) in [6.07, 6.45) is 5.31. The number of nitrogens with one attached hydrogen (secondary N) is 1. The SMILES string of the molecule is Cn1cccc1Nc1nccc(-c2cc3n(c2)C(=O)N([C@H](CO)c2cccc(F)c2)C3)n1. The highest BCUT2D eigenvalue weighted by Crippen LogP contribution is 2.32. The molecule has 1 aliphatic rings. The second-order valence-corrected chi connectivity index (χ2v) is 7.65. The zero-order valence-electron chi connectivity index (χ0n) is 17.3. The molecule has 162 valence electrons. The summed E-state index contributed by atoms with van der Waals surface area (Å²) >= 11 is 0. The van der Waals surface area contributed by atoms with Gasteiger partial charge in [-0.1, -0.05) is 12.1 Å². The van der Waals surface area contributed by atoms with E-state index in [1.165, 1.54) is 17.0 Å². The molecule has 0 fully saturated rings. The Morgan fingerprint density at radius 2 is 2.09 bits per heavy atom. The monoisotopic (exact) mass is 432 g/mol. The van der Waals surface area contributed by atoms with Crippen LogP contribution in [0.5, 0.6) is 0 Å². The first-order chi connectivity index (χ1) is 15.5. The molecular weight excluding hydrogens is 411 g/mol. The third kappa shape index (κ3) is 3.52. The third-order valence-corrected chi connectivity index (χ3v) is 5.60. The van der Waals surface area contributed by atoms with Crippen LogP contribution in [0, 0.1) is 5.82 Å². The summed E-state index contributed by atoms with van der Waals surface area (Å²) in [7, 11) is 1.92. The van der Waals surface area contributed by atoms with E-state index in [2.05, 4.69) is 15.3 Å². The van der Waals surface area contributed by atoms with Gasteiger partial charge in [0.05, 0.1) is 24.9 Å². The van der Waals surface area contributed by atoms with Gasteiger partial charge in [0, 0.05) is 36.9 Å². The van der Waals surface area contributed by atoms with Crippen LogP contribution in [-0.4, -0.2) is 41.7 Å². The zero-order valence-corrected chi connectivity index (χ0v) is 17.3. The average molecular weight is 432 g/mol. The van der Waals surface area contributed by atoms with Crippen molar-refractivity contribution < 1.29 is 14.3 Å². The summed E-state index contributed by atoms with van der Waals surface area (Å²) in [5, 5.41) is 13.1. The number of benzene rings is 1. The standard InChI is InChI=1S/C23H21FN6O2/c1-28-9-3-6-21(28)27-22-25-8-7-19(26-22)16-11-18-13-30(23(32)29(18)12-16)20(14-31)15-4-2-5-17(24)10-15/h2-12,20,31H,13-14H2,1H3,(H,25,26,27)/t20-/m1/s1. The number of carbonyl (C=O) groups excluding carboxylic acids is 1. The lowest BCUT2D eigenvalue weighted by Crippen LogP contribution is -2.32. The maximum Gasteiger partial charge on any atom is 0.329 e. The van der Waals surface area contributed by atoms with Gasteiger partial charge >= 0.3 is 6.03 Å². The molecule has 0 unspecified atom stereocenters. The number of aromatic nitrogens is 4. The van der Waals surface area contributed by atoms with Crippen LogP contribution in [0.2, 0.25) is 0 Å². The number of aliphatic hydroxyl groups excluding tert-OH is 1. The van der Waals surface area contributed by atoms with Crippen molar-refractivity contribution in [2.75, 3.05) is 11.9 Å².